The number of rotatable bonds is 67. The molecular formula is C75H128O17P2. The van der Waals surface area contributed by atoms with E-state index in [1.165, 1.54) is 25.7 Å². The van der Waals surface area contributed by atoms with Crippen molar-refractivity contribution in [2.75, 3.05) is 39.6 Å². The van der Waals surface area contributed by atoms with Gasteiger partial charge in [-0.05, 0) is 141 Å². The van der Waals surface area contributed by atoms with Gasteiger partial charge in [-0.25, -0.2) is 9.13 Å². The van der Waals surface area contributed by atoms with Gasteiger partial charge in [0.05, 0.1) is 26.4 Å². The highest BCUT2D eigenvalue weighted by molar-refractivity contribution is 7.47. The average molecular weight is 1360 g/mol. The van der Waals surface area contributed by atoms with E-state index in [4.69, 9.17) is 37.0 Å². The minimum Gasteiger partial charge on any atom is -0.462 e. The fraction of sp³-hybridized carbons (Fsp3) is 0.707. The lowest BCUT2D eigenvalue weighted by Crippen LogP contribution is -2.30. The number of aliphatic hydroxyl groups excluding tert-OH is 1. The minimum atomic E-state index is -4.98. The number of esters is 4. The first kappa shape index (κ1) is 89.7. The Morgan fingerprint density at radius 2 is 0.574 bits per heavy atom. The van der Waals surface area contributed by atoms with Crippen LogP contribution in [0, 0.1) is 0 Å². The first-order valence-corrected chi connectivity index (χ1v) is 39.1. The Morgan fingerprint density at radius 1 is 0.309 bits per heavy atom. The molecule has 94 heavy (non-hydrogen) atoms. The zero-order valence-electron chi connectivity index (χ0n) is 58.6. The van der Waals surface area contributed by atoms with Crippen molar-refractivity contribution in [3.8, 4) is 0 Å². The van der Waals surface area contributed by atoms with Crippen LogP contribution in [-0.4, -0.2) is 96.7 Å². The summed E-state index contributed by atoms with van der Waals surface area (Å²) in [5.74, 6) is -2.26. The Hall–Kier alpha value is -4.28. The Morgan fingerprint density at radius 3 is 0.926 bits per heavy atom. The molecule has 0 rings (SSSR count). The largest absolute Gasteiger partial charge is 0.472 e. The molecule has 5 atom stereocenters. The van der Waals surface area contributed by atoms with E-state index in [1.54, 1.807) is 0 Å². The van der Waals surface area contributed by atoms with Crippen molar-refractivity contribution in [2.45, 2.75) is 303 Å². The minimum absolute atomic E-state index is 0.0735. The van der Waals surface area contributed by atoms with Crippen molar-refractivity contribution in [1.82, 2.24) is 0 Å². The Bertz CT molecular complexity index is 2220. The summed E-state index contributed by atoms with van der Waals surface area (Å²) in [6, 6.07) is 0. The predicted molar refractivity (Wildman–Crippen MR) is 381 cm³/mol. The molecule has 0 fully saturated rings. The Kier molecular flexibility index (Phi) is 64.2. The van der Waals surface area contributed by atoms with Crippen LogP contribution in [0.25, 0.3) is 0 Å². The summed E-state index contributed by atoms with van der Waals surface area (Å²) in [7, 11) is -9.96. The maximum absolute atomic E-state index is 13.0. The number of hydrogen-bond donors (Lipinski definition) is 3. The second kappa shape index (κ2) is 67.3. The number of carbonyl (C=O) groups is 4. The van der Waals surface area contributed by atoms with Crippen molar-refractivity contribution in [3.63, 3.8) is 0 Å². The number of phosphoric ester groups is 2. The molecule has 17 nitrogen and oxygen atoms in total. The van der Waals surface area contributed by atoms with E-state index in [0.717, 1.165) is 180 Å². The number of unbranched alkanes of at least 4 members (excludes halogenated alkanes) is 23. The van der Waals surface area contributed by atoms with Crippen LogP contribution in [0.4, 0.5) is 0 Å². The molecular weight excluding hydrogens is 1230 g/mol. The normalized spacial score (nSPS) is 14.7. The monoisotopic (exact) mass is 1360 g/mol. The van der Waals surface area contributed by atoms with Crippen LogP contribution in [-0.2, 0) is 65.4 Å². The zero-order chi connectivity index (χ0) is 69.0. The van der Waals surface area contributed by atoms with E-state index >= 15 is 0 Å². The van der Waals surface area contributed by atoms with Crippen LogP contribution in [0.5, 0.6) is 0 Å². The van der Waals surface area contributed by atoms with Gasteiger partial charge >= 0.3 is 39.5 Å². The third-order valence-electron chi connectivity index (χ3n) is 14.7. The number of allylic oxidation sites excluding steroid dienone is 18. The van der Waals surface area contributed by atoms with Gasteiger partial charge in [0, 0.05) is 25.7 Å². The van der Waals surface area contributed by atoms with Crippen LogP contribution >= 0.6 is 15.6 Å². The lowest BCUT2D eigenvalue weighted by molar-refractivity contribution is -0.161. The summed E-state index contributed by atoms with van der Waals surface area (Å²) in [5.41, 5.74) is 0. The molecule has 0 amide bonds. The van der Waals surface area contributed by atoms with E-state index < -0.39 is 97.5 Å². The van der Waals surface area contributed by atoms with Gasteiger partial charge < -0.3 is 33.8 Å². The molecule has 0 aromatic heterocycles. The third-order valence-corrected chi connectivity index (χ3v) is 16.6. The molecule has 0 aliphatic heterocycles. The first-order valence-electron chi connectivity index (χ1n) is 36.1. The molecule has 0 aromatic carbocycles. The molecule has 0 spiro atoms. The zero-order valence-corrected chi connectivity index (χ0v) is 60.4. The van der Waals surface area contributed by atoms with E-state index in [1.807, 2.05) is 0 Å². The average Bonchev–Trinajstić information content (AvgIpc) is 1.67. The molecule has 0 aliphatic rings. The summed E-state index contributed by atoms with van der Waals surface area (Å²) in [5, 5.41) is 10.6. The molecule has 0 aliphatic carbocycles. The van der Waals surface area contributed by atoms with E-state index in [9.17, 15) is 43.2 Å². The van der Waals surface area contributed by atoms with E-state index in [2.05, 4.69) is 137 Å². The molecule has 540 valence electrons. The van der Waals surface area contributed by atoms with Gasteiger partial charge in [-0.15, -0.1) is 0 Å². The van der Waals surface area contributed by atoms with E-state index in [-0.39, 0.29) is 25.7 Å². The fourth-order valence-electron chi connectivity index (χ4n) is 9.16. The molecule has 0 aromatic rings. The molecule has 3 N–H and O–H groups in total. The van der Waals surface area contributed by atoms with Gasteiger partial charge in [-0.3, -0.25) is 37.3 Å². The van der Waals surface area contributed by atoms with Gasteiger partial charge in [0.2, 0.25) is 0 Å². The van der Waals surface area contributed by atoms with Crippen LogP contribution < -0.4 is 0 Å². The number of aliphatic hydroxyl groups is 1. The van der Waals surface area contributed by atoms with Crippen molar-refractivity contribution in [3.05, 3.63) is 109 Å². The number of hydrogen-bond acceptors (Lipinski definition) is 15. The number of carbonyl (C=O) groups excluding carboxylic acids is 4. The standard InChI is InChI=1S/C75H128O17P2/c1-5-9-13-17-21-25-29-33-34-38-40-44-48-52-56-60-73(78)86-66-71(92-75(80)62-58-54-50-46-42-37-32-28-24-20-16-12-8-4)68-90-94(83,84)88-64-69(76)63-87-93(81,82)89-67-70(91-74(79)61-57-53-49-45-41-36-31-27-23-19-15-11-7-3)65-85-72(77)59-55-51-47-43-39-35-30-26-22-18-14-10-6-2/h9,13-15,18-19,21,25-28,30-34,40,44,69-71,76H,5-8,10-12,16-17,20,22-24,29,35-39,41-43,45-68H2,1-4H3,(H,81,82)(H,83,84)/b13-9-,18-14-,19-15-,25-21-,30-26-,31-27-,32-28-,34-33-,44-40-. The maximum Gasteiger partial charge on any atom is 0.472 e. The van der Waals surface area contributed by atoms with E-state index in [0.29, 0.717) is 25.7 Å². The van der Waals surface area contributed by atoms with Gasteiger partial charge in [0.15, 0.2) is 12.2 Å². The van der Waals surface area contributed by atoms with Gasteiger partial charge in [0.25, 0.3) is 0 Å². The number of ether oxygens (including phenoxy) is 4. The van der Waals surface area contributed by atoms with Crippen molar-refractivity contribution < 1.29 is 80.2 Å². The number of phosphoric acid groups is 2. The quantitative estimate of drug-likeness (QED) is 0.0169. The maximum atomic E-state index is 13.0. The molecule has 0 saturated carbocycles. The lowest BCUT2D eigenvalue weighted by atomic mass is 10.1. The molecule has 0 saturated heterocycles. The second-order valence-electron chi connectivity index (χ2n) is 23.8. The van der Waals surface area contributed by atoms with Crippen LogP contribution in [0.2, 0.25) is 0 Å². The highest BCUT2D eigenvalue weighted by Crippen LogP contribution is 2.45. The predicted octanol–water partition coefficient (Wildman–Crippen LogP) is 20.2. The fourth-order valence-corrected chi connectivity index (χ4v) is 10.7. The van der Waals surface area contributed by atoms with Crippen LogP contribution in [0.15, 0.2) is 109 Å². The van der Waals surface area contributed by atoms with Gasteiger partial charge in [0.1, 0.15) is 19.3 Å². The SMILES string of the molecule is CC/C=C\C/C=C\C/C=C\C/C=C\CCCCC(=O)OCC(COP(=O)(O)OCC(O)COP(=O)(O)OCC(COC(=O)CCCCCCC/C=C\C/C=C\CCC)OC(=O)CCCCCCC/C=C\C/C=C\CCC)OC(=O)CCCCCCC/C=C\CCCCCC. The summed E-state index contributed by atoms with van der Waals surface area (Å²) in [6.07, 6.45) is 69.6. The summed E-state index contributed by atoms with van der Waals surface area (Å²) in [6.45, 7) is 4.51. The molecule has 0 heterocycles. The van der Waals surface area contributed by atoms with Gasteiger partial charge in [-0.2, -0.15) is 0 Å². The van der Waals surface area contributed by atoms with Crippen LogP contribution in [0.1, 0.15) is 285 Å². The first-order chi connectivity index (χ1) is 45.7. The Balaban J connectivity index is 5.39. The summed E-state index contributed by atoms with van der Waals surface area (Å²) in [4.78, 5) is 72.6. The van der Waals surface area contributed by atoms with Crippen LogP contribution in [0.3, 0.4) is 0 Å². The highest BCUT2D eigenvalue weighted by Gasteiger charge is 2.30. The second-order valence-corrected chi connectivity index (χ2v) is 26.7. The lowest BCUT2D eigenvalue weighted by Gasteiger charge is -2.21. The molecule has 0 radical (unpaired) electrons. The summed E-state index contributed by atoms with van der Waals surface area (Å²) < 4.78 is 68.2. The smallest absolute Gasteiger partial charge is 0.462 e. The van der Waals surface area contributed by atoms with Crippen molar-refractivity contribution >= 4 is 39.5 Å². The third kappa shape index (κ3) is 66.3. The molecule has 0 bridgehead atoms. The molecule has 5 unspecified atom stereocenters. The topological polar surface area (TPSA) is 237 Å². The Labute approximate surface area is 569 Å². The highest BCUT2D eigenvalue weighted by atomic mass is 31.2. The van der Waals surface area contributed by atoms with Crippen molar-refractivity contribution in [1.29, 1.82) is 0 Å². The van der Waals surface area contributed by atoms with Gasteiger partial charge in [-0.1, -0.05) is 227 Å². The molecule has 19 heteroatoms. The summed E-state index contributed by atoms with van der Waals surface area (Å²) >= 11 is 0. The van der Waals surface area contributed by atoms with Crippen molar-refractivity contribution in [2.24, 2.45) is 0 Å².